The minimum Gasteiger partial charge on any atom is -0.498 e. The van der Waals surface area contributed by atoms with Gasteiger partial charge < -0.3 is 9.47 Å². The topological polar surface area (TPSA) is 78.7 Å². The lowest BCUT2D eigenvalue weighted by Crippen LogP contribution is -2.16. The summed E-state index contributed by atoms with van der Waals surface area (Å²) in [6.45, 7) is 0. The first kappa shape index (κ1) is 14.0. The van der Waals surface area contributed by atoms with E-state index in [1.165, 1.54) is 24.3 Å². The summed E-state index contributed by atoms with van der Waals surface area (Å²) in [5.41, 5.74) is -0.0350. The van der Waals surface area contributed by atoms with Gasteiger partial charge in [-0.05, 0) is 37.5 Å². The van der Waals surface area contributed by atoms with E-state index >= 15 is 0 Å². The summed E-state index contributed by atoms with van der Waals surface area (Å²) in [4.78, 5) is 21.6. The summed E-state index contributed by atoms with van der Waals surface area (Å²) >= 11 is 0. The smallest absolute Gasteiger partial charge is 0.311 e. The molecule has 1 aromatic rings. The lowest BCUT2D eigenvalue weighted by atomic mass is 10.1. The van der Waals surface area contributed by atoms with E-state index in [0.717, 1.165) is 12.8 Å². The first-order chi connectivity index (χ1) is 9.65. The molecule has 0 amide bonds. The van der Waals surface area contributed by atoms with E-state index in [0.29, 0.717) is 12.2 Å². The Balaban J connectivity index is 1.78. The minimum absolute atomic E-state index is 0.0350. The monoisotopic (exact) mass is 277 g/mol. The van der Waals surface area contributed by atoms with Crippen molar-refractivity contribution in [2.45, 2.75) is 31.8 Å². The number of nitro groups is 1. The second-order valence-corrected chi connectivity index (χ2v) is 4.47. The van der Waals surface area contributed by atoms with Gasteiger partial charge in [-0.1, -0.05) is 0 Å². The first-order valence-electron chi connectivity index (χ1n) is 6.41. The molecule has 6 nitrogen and oxygen atoms in total. The maximum Gasteiger partial charge on any atom is 0.311 e. The molecule has 1 heterocycles. The van der Waals surface area contributed by atoms with E-state index in [-0.39, 0.29) is 24.2 Å². The van der Waals surface area contributed by atoms with Crippen molar-refractivity contribution in [2.75, 3.05) is 0 Å². The normalized spacial score (nSPS) is 17.3. The van der Waals surface area contributed by atoms with Gasteiger partial charge >= 0.3 is 5.97 Å². The van der Waals surface area contributed by atoms with Gasteiger partial charge in [0.1, 0.15) is 5.75 Å². The Morgan fingerprint density at radius 1 is 1.40 bits per heavy atom. The van der Waals surface area contributed by atoms with E-state index in [1.807, 2.05) is 6.08 Å². The Labute approximate surface area is 116 Å². The van der Waals surface area contributed by atoms with Gasteiger partial charge in [0, 0.05) is 18.6 Å². The van der Waals surface area contributed by atoms with Crippen LogP contribution in [0.15, 0.2) is 36.6 Å². The molecule has 0 aromatic heterocycles. The van der Waals surface area contributed by atoms with Crippen LogP contribution in [0.3, 0.4) is 0 Å². The van der Waals surface area contributed by atoms with Crippen molar-refractivity contribution in [3.63, 3.8) is 0 Å². The number of carbonyl (C=O) groups excluding carboxylic acids is 1. The van der Waals surface area contributed by atoms with Crippen molar-refractivity contribution in [1.82, 2.24) is 0 Å². The zero-order chi connectivity index (χ0) is 14.4. The van der Waals surface area contributed by atoms with Gasteiger partial charge in [0.15, 0.2) is 0 Å². The highest BCUT2D eigenvalue weighted by Gasteiger charge is 2.14. The van der Waals surface area contributed by atoms with Crippen LogP contribution in [0.4, 0.5) is 5.69 Å². The van der Waals surface area contributed by atoms with Crippen molar-refractivity contribution in [3.05, 3.63) is 46.7 Å². The minimum atomic E-state index is -0.500. The number of benzene rings is 1. The first-order valence-corrected chi connectivity index (χ1v) is 6.41. The summed E-state index contributed by atoms with van der Waals surface area (Å²) in [5, 5.41) is 10.5. The van der Waals surface area contributed by atoms with Crippen LogP contribution in [0.5, 0.6) is 5.75 Å². The molecule has 0 fully saturated rings. The average molecular weight is 277 g/mol. The Hall–Kier alpha value is -2.37. The number of esters is 1. The Bertz CT molecular complexity index is 509. The molecule has 20 heavy (non-hydrogen) atoms. The highest BCUT2D eigenvalue weighted by molar-refractivity contribution is 5.72. The third kappa shape index (κ3) is 4.08. The van der Waals surface area contributed by atoms with Crippen LogP contribution in [0.1, 0.15) is 25.7 Å². The molecule has 1 aliphatic heterocycles. The highest BCUT2D eigenvalue weighted by atomic mass is 16.6. The molecule has 6 heteroatoms. The van der Waals surface area contributed by atoms with Crippen LogP contribution in [0.25, 0.3) is 0 Å². The number of nitro benzene ring substituents is 1. The van der Waals surface area contributed by atoms with E-state index in [4.69, 9.17) is 9.47 Å². The Morgan fingerprint density at radius 3 is 2.75 bits per heavy atom. The second kappa shape index (κ2) is 6.70. The van der Waals surface area contributed by atoms with Gasteiger partial charge in [-0.25, -0.2) is 0 Å². The second-order valence-electron chi connectivity index (χ2n) is 4.47. The molecular formula is C14H15NO5. The molecule has 0 radical (unpaired) electrons. The van der Waals surface area contributed by atoms with Crippen LogP contribution in [0.2, 0.25) is 0 Å². The van der Waals surface area contributed by atoms with E-state index in [9.17, 15) is 14.9 Å². The van der Waals surface area contributed by atoms with Crippen LogP contribution in [-0.2, 0) is 9.53 Å². The molecule has 1 aliphatic rings. The lowest BCUT2D eigenvalue weighted by Gasteiger charge is -2.18. The predicted octanol–water partition coefficient (Wildman–Crippen LogP) is 2.97. The molecule has 0 saturated heterocycles. The number of nitrogens with zero attached hydrogens (tertiary/aromatic N) is 1. The fourth-order valence-electron chi connectivity index (χ4n) is 1.89. The molecule has 0 bridgehead atoms. The molecule has 1 aromatic carbocycles. The largest absolute Gasteiger partial charge is 0.498 e. The van der Waals surface area contributed by atoms with Crippen molar-refractivity contribution in [3.8, 4) is 5.75 Å². The lowest BCUT2D eigenvalue weighted by molar-refractivity contribution is -0.384. The standard InChI is InChI=1S/C14H15NO5/c16-14(9-8-12-3-1-2-10-19-12)20-13-6-4-11(5-7-13)15(17)18/h2,4-7,10,12H,1,3,8-9H2. The fourth-order valence-corrected chi connectivity index (χ4v) is 1.89. The Morgan fingerprint density at radius 2 is 2.15 bits per heavy atom. The van der Waals surface area contributed by atoms with Gasteiger partial charge in [0.2, 0.25) is 0 Å². The molecule has 106 valence electrons. The quantitative estimate of drug-likeness (QED) is 0.358. The number of carbonyl (C=O) groups is 1. The van der Waals surface area contributed by atoms with Gasteiger partial charge in [-0.3, -0.25) is 14.9 Å². The molecule has 0 spiro atoms. The summed E-state index contributed by atoms with van der Waals surface area (Å²) in [6, 6.07) is 5.43. The summed E-state index contributed by atoms with van der Waals surface area (Å²) in [6.07, 6.45) is 6.40. The number of hydrogen-bond donors (Lipinski definition) is 0. The molecule has 0 aliphatic carbocycles. The maximum atomic E-state index is 11.6. The van der Waals surface area contributed by atoms with E-state index < -0.39 is 4.92 Å². The summed E-state index contributed by atoms with van der Waals surface area (Å²) in [5.74, 6) is -0.0536. The molecule has 1 unspecified atom stereocenters. The number of rotatable bonds is 5. The van der Waals surface area contributed by atoms with Gasteiger partial charge in [-0.15, -0.1) is 0 Å². The van der Waals surface area contributed by atoms with Crippen LogP contribution >= 0.6 is 0 Å². The zero-order valence-electron chi connectivity index (χ0n) is 10.9. The molecule has 2 rings (SSSR count). The summed E-state index contributed by atoms with van der Waals surface area (Å²) < 4.78 is 10.5. The fraction of sp³-hybridized carbons (Fsp3) is 0.357. The third-order valence-electron chi connectivity index (χ3n) is 2.97. The molecule has 0 saturated carbocycles. The SMILES string of the molecule is O=C(CCC1CCC=CO1)Oc1ccc([N+](=O)[O-])cc1. The number of allylic oxidation sites excluding steroid dienone is 1. The predicted molar refractivity (Wildman–Crippen MR) is 71.2 cm³/mol. The van der Waals surface area contributed by atoms with Gasteiger partial charge in [-0.2, -0.15) is 0 Å². The van der Waals surface area contributed by atoms with Crippen molar-refractivity contribution < 1.29 is 19.2 Å². The van der Waals surface area contributed by atoms with Gasteiger partial charge in [0.05, 0.1) is 17.3 Å². The van der Waals surface area contributed by atoms with Crippen molar-refractivity contribution in [2.24, 2.45) is 0 Å². The average Bonchev–Trinajstić information content (AvgIpc) is 2.47. The van der Waals surface area contributed by atoms with E-state index in [2.05, 4.69) is 0 Å². The maximum absolute atomic E-state index is 11.6. The number of non-ortho nitro benzene ring substituents is 1. The van der Waals surface area contributed by atoms with Crippen LogP contribution in [0, 0.1) is 10.1 Å². The van der Waals surface area contributed by atoms with Gasteiger partial charge in [0.25, 0.3) is 5.69 Å². The molecule has 0 N–H and O–H groups in total. The number of ether oxygens (including phenoxy) is 2. The van der Waals surface area contributed by atoms with Crippen molar-refractivity contribution >= 4 is 11.7 Å². The molecule has 1 atom stereocenters. The number of hydrogen-bond acceptors (Lipinski definition) is 5. The summed E-state index contributed by atoms with van der Waals surface area (Å²) in [7, 11) is 0. The Kier molecular flexibility index (Phi) is 4.70. The molecular weight excluding hydrogens is 262 g/mol. The third-order valence-corrected chi connectivity index (χ3v) is 2.97. The van der Waals surface area contributed by atoms with Crippen LogP contribution < -0.4 is 4.74 Å². The highest BCUT2D eigenvalue weighted by Crippen LogP contribution is 2.19. The zero-order valence-corrected chi connectivity index (χ0v) is 10.9. The van der Waals surface area contributed by atoms with Crippen molar-refractivity contribution in [1.29, 1.82) is 0 Å². The van der Waals surface area contributed by atoms with E-state index in [1.54, 1.807) is 6.26 Å². The van der Waals surface area contributed by atoms with Crippen LogP contribution in [-0.4, -0.2) is 17.0 Å².